The average Bonchev–Trinajstić information content (AvgIpc) is 2.55. The van der Waals surface area contributed by atoms with Gasteiger partial charge in [0, 0.05) is 18.7 Å². The van der Waals surface area contributed by atoms with Crippen LogP contribution in [0.5, 0.6) is 11.5 Å². The third-order valence-electron chi connectivity index (χ3n) is 4.10. The van der Waals surface area contributed by atoms with Gasteiger partial charge in [0.25, 0.3) is 0 Å². The van der Waals surface area contributed by atoms with Crippen LogP contribution >= 0.6 is 0 Å². The summed E-state index contributed by atoms with van der Waals surface area (Å²) in [5.74, 6) is 1.61. The van der Waals surface area contributed by atoms with E-state index in [4.69, 9.17) is 9.47 Å². The third kappa shape index (κ3) is 5.50. The first-order valence-corrected chi connectivity index (χ1v) is 8.94. The van der Waals surface area contributed by atoms with Crippen LogP contribution in [0.15, 0.2) is 42.5 Å². The van der Waals surface area contributed by atoms with Gasteiger partial charge in [-0.15, -0.1) is 0 Å². The van der Waals surface area contributed by atoms with Crippen LogP contribution in [-0.2, 0) is 18.5 Å². The van der Waals surface area contributed by atoms with E-state index in [1.165, 1.54) is 11.1 Å². The molecular weight excluding hydrogens is 310 g/mol. The summed E-state index contributed by atoms with van der Waals surface area (Å²) in [5.41, 5.74) is 3.94. The van der Waals surface area contributed by atoms with E-state index in [1.807, 2.05) is 26.0 Å². The molecule has 0 bridgehead atoms. The van der Waals surface area contributed by atoms with Gasteiger partial charge in [-0.1, -0.05) is 57.2 Å². The Morgan fingerprint density at radius 1 is 0.960 bits per heavy atom. The van der Waals surface area contributed by atoms with Gasteiger partial charge in [-0.25, -0.2) is 0 Å². The van der Waals surface area contributed by atoms with Gasteiger partial charge in [-0.2, -0.15) is 0 Å². The van der Waals surface area contributed by atoms with Gasteiger partial charge in [0.15, 0.2) is 11.5 Å². The lowest BCUT2D eigenvalue weighted by Crippen LogP contribution is -2.16. The molecule has 0 unspecified atom stereocenters. The molecule has 0 atom stereocenters. The lowest BCUT2D eigenvalue weighted by atomic mass is 9.87. The van der Waals surface area contributed by atoms with E-state index in [-0.39, 0.29) is 11.5 Å². The van der Waals surface area contributed by atoms with Crippen LogP contribution in [0.3, 0.4) is 0 Å². The molecule has 25 heavy (non-hydrogen) atoms. The maximum Gasteiger partial charge on any atom is 0.166 e. The van der Waals surface area contributed by atoms with Crippen LogP contribution in [0.4, 0.5) is 0 Å². The normalized spacial score (nSPS) is 11.6. The molecule has 1 N–H and O–H groups in total. The lowest BCUT2D eigenvalue weighted by Gasteiger charge is -2.19. The number of rotatable bonds is 7. The Balaban J connectivity index is 2.02. The average molecular weight is 341 g/mol. The topological polar surface area (TPSA) is 30.5 Å². The van der Waals surface area contributed by atoms with E-state index >= 15 is 0 Å². The van der Waals surface area contributed by atoms with Crippen molar-refractivity contribution in [3.63, 3.8) is 0 Å². The molecule has 2 aromatic carbocycles. The van der Waals surface area contributed by atoms with E-state index < -0.39 is 0 Å². The quantitative estimate of drug-likeness (QED) is 0.763. The monoisotopic (exact) mass is 341 g/mol. The van der Waals surface area contributed by atoms with Gasteiger partial charge in [0.1, 0.15) is 0 Å². The number of hydrogen-bond acceptors (Lipinski definition) is 3. The molecule has 0 saturated heterocycles. The molecule has 3 heteroatoms. The highest BCUT2D eigenvalue weighted by atomic mass is 16.5. The van der Waals surface area contributed by atoms with Crippen LogP contribution in [0.2, 0.25) is 0 Å². The number of nitrogens with one attached hydrogen (secondary N) is 1. The first-order chi connectivity index (χ1) is 11.8. The molecule has 0 spiro atoms. The van der Waals surface area contributed by atoms with E-state index in [0.29, 0.717) is 0 Å². The molecule has 0 aliphatic heterocycles. The molecule has 0 radical (unpaired) electrons. The Hall–Kier alpha value is -2.00. The predicted molar refractivity (Wildman–Crippen MR) is 104 cm³/mol. The zero-order valence-electron chi connectivity index (χ0n) is 16.3. The molecule has 0 heterocycles. The second-order valence-corrected chi connectivity index (χ2v) is 7.67. The maximum atomic E-state index is 5.96. The number of benzene rings is 2. The summed E-state index contributed by atoms with van der Waals surface area (Å²) < 4.78 is 11.4. The summed E-state index contributed by atoms with van der Waals surface area (Å²) in [7, 11) is 1.68. The van der Waals surface area contributed by atoms with Crippen molar-refractivity contribution in [1.82, 2.24) is 5.32 Å². The van der Waals surface area contributed by atoms with Crippen molar-refractivity contribution in [3.05, 3.63) is 59.2 Å². The minimum absolute atomic E-state index is 0.111. The molecule has 0 amide bonds. The molecule has 0 saturated carbocycles. The SMILES string of the molecule is COc1cccc(CNCc2ccc(C(C)(C)C)cc2)c1OC(C)C. The van der Waals surface area contributed by atoms with Gasteiger partial charge >= 0.3 is 0 Å². The van der Waals surface area contributed by atoms with E-state index in [9.17, 15) is 0 Å². The van der Waals surface area contributed by atoms with Crippen LogP contribution in [0.25, 0.3) is 0 Å². The van der Waals surface area contributed by atoms with Gasteiger partial charge in [0.2, 0.25) is 0 Å². The minimum Gasteiger partial charge on any atom is -0.493 e. The lowest BCUT2D eigenvalue weighted by molar-refractivity contribution is 0.227. The number of para-hydroxylation sites is 1. The summed E-state index contributed by atoms with van der Waals surface area (Å²) in [5, 5.41) is 3.51. The second-order valence-electron chi connectivity index (χ2n) is 7.67. The van der Waals surface area contributed by atoms with Gasteiger partial charge in [-0.3, -0.25) is 0 Å². The Morgan fingerprint density at radius 2 is 1.64 bits per heavy atom. The number of hydrogen-bond donors (Lipinski definition) is 1. The van der Waals surface area contributed by atoms with E-state index in [1.54, 1.807) is 7.11 Å². The van der Waals surface area contributed by atoms with E-state index in [2.05, 4.69) is 56.4 Å². The molecule has 3 nitrogen and oxygen atoms in total. The van der Waals surface area contributed by atoms with Crippen molar-refractivity contribution in [2.45, 2.75) is 59.2 Å². The van der Waals surface area contributed by atoms with Crippen molar-refractivity contribution in [1.29, 1.82) is 0 Å². The molecule has 136 valence electrons. The molecule has 0 aromatic heterocycles. The largest absolute Gasteiger partial charge is 0.493 e. The molecule has 2 rings (SSSR count). The summed E-state index contributed by atoms with van der Waals surface area (Å²) in [4.78, 5) is 0. The highest BCUT2D eigenvalue weighted by Crippen LogP contribution is 2.32. The van der Waals surface area contributed by atoms with Crippen LogP contribution in [0.1, 0.15) is 51.3 Å². The maximum absolute atomic E-state index is 5.96. The molecule has 0 aliphatic rings. The summed E-state index contributed by atoms with van der Waals surface area (Å²) in [6, 6.07) is 14.9. The van der Waals surface area contributed by atoms with Crippen LogP contribution < -0.4 is 14.8 Å². The zero-order valence-corrected chi connectivity index (χ0v) is 16.3. The predicted octanol–water partition coefficient (Wildman–Crippen LogP) is 5.07. The summed E-state index contributed by atoms with van der Waals surface area (Å²) in [6.45, 7) is 12.3. The van der Waals surface area contributed by atoms with Crippen LogP contribution in [0, 0.1) is 0 Å². The highest BCUT2D eigenvalue weighted by molar-refractivity contribution is 5.46. The molecule has 0 fully saturated rings. The van der Waals surface area contributed by atoms with E-state index in [0.717, 1.165) is 30.2 Å². The first-order valence-electron chi connectivity index (χ1n) is 8.94. The molecule has 0 aliphatic carbocycles. The Bertz CT molecular complexity index is 669. The van der Waals surface area contributed by atoms with Gasteiger partial charge < -0.3 is 14.8 Å². The third-order valence-corrected chi connectivity index (χ3v) is 4.10. The van der Waals surface area contributed by atoms with Crippen molar-refractivity contribution in [3.8, 4) is 11.5 Å². The van der Waals surface area contributed by atoms with Gasteiger partial charge in [0.05, 0.1) is 13.2 Å². The van der Waals surface area contributed by atoms with Crippen molar-refractivity contribution in [2.24, 2.45) is 0 Å². The number of methoxy groups -OCH3 is 1. The Kier molecular flexibility index (Phi) is 6.49. The van der Waals surface area contributed by atoms with Crippen molar-refractivity contribution in [2.75, 3.05) is 7.11 Å². The Labute approximate surface area is 152 Å². The fraction of sp³-hybridized carbons (Fsp3) is 0.455. The zero-order chi connectivity index (χ0) is 18.4. The number of ether oxygens (including phenoxy) is 2. The van der Waals surface area contributed by atoms with Crippen molar-refractivity contribution >= 4 is 0 Å². The fourth-order valence-electron chi connectivity index (χ4n) is 2.69. The summed E-state index contributed by atoms with van der Waals surface area (Å²) >= 11 is 0. The molecular formula is C22H31NO2. The first kappa shape index (κ1) is 19.3. The summed E-state index contributed by atoms with van der Waals surface area (Å²) in [6.07, 6.45) is 0.111. The standard InChI is InChI=1S/C22H31NO2/c1-16(2)25-21-18(8-7-9-20(21)24-6)15-23-14-17-10-12-19(13-11-17)22(3,4)5/h7-13,16,23H,14-15H2,1-6H3. The smallest absolute Gasteiger partial charge is 0.166 e. The fourth-order valence-corrected chi connectivity index (χ4v) is 2.69. The Morgan fingerprint density at radius 3 is 2.20 bits per heavy atom. The molecule has 2 aromatic rings. The van der Waals surface area contributed by atoms with Crippen molar-refractivity contribution < 1.29 is 9.47 Å². The van der Waals surface area contributed by atoms with Crippen LogP contribution in [-0.4, -0.2) is 13.2 Å². The second kappa shape index (κ2) is 8.39. The van der Waals surface area contributed by atoms with Gasteiger partial charge in [-0.05, 0) is 36.5 Å². The minimum atomic E-state index is 0.111. The highest BCUT2D eigenvalue weighted by Gasteiger charge is 2.13.